The molecule has 158 valence electrons. The molecule has 0 fully saturated rings. The van der Waals surface area contributed by atoms with Gasteiger partial charge in [-0.25, -0.2) is 0 Å². The Balaban J connectivity index is 2.14. The molecule has 2 rings (SSSR count). The molecule has 7 nitrogen and oxygen atoms in total. The minimum atomic E-state index is -0.985. The van der Waals surface area contributed by atoms with E-state index < -0.39 is 11.4 Å². The van der Waals surface area contributed by atoms with Crippen molar-refractivity contribution in [2.24, 2.45) is 5.92 Å². The molecule has 0 saturated carbocycles. The van der Waals surface area contributed by atoms with Gasteiger partial charge in [0.1, 0.15) is 17.0 Å². The number of benzene rings is 1. The second kappa shape index (κ2) is 10.1. The van der Waals surface area contributed by atoms with Crippen LogP contribution in [0.3, 0.4) is 0 Å². The molecule has 0 aliphatic carbocycles. The van der Waals surface area contributed by atoms with Gasteiger partial charge in [-0.15, -0.1) is 0 Å². The average Bonchev–Trinajstić information content (AvgIpc) is 2.72. The second-order valence-electron chi connectivity index (χ2n) is 7.16. The van der Waals surface area contributed by atoms with Crippen molar-refractivity contribution in [1.82, 2.24) is 10.3 Å². The molecule has 2 amide bonds. The van der Waals surface area contributed by atoms with Crippen LogP contribution in [-0.2, 0) is 11.2 Å². The number of carbonyl (C=O) groups excluding carboxylic acids is 2. The smallest absolute Gasteiger partial charge is 0.271 e. The maximum absolute atomic E-state index is 12.7. The van der Waals surface area contributed by atoms with Crippen LogP contribution in [0.4, 0.5) is 5.69 Å². The predicted molar refractivity (Wildman–Crippen MR) is 116 cm³/mol. The maximum Gasteiger partial charge on any atom is 0.271 e. The van der Waals surface area contributed by atoms with Gasteiger partial charge in [0.25, 0.3) is 5.91 Å². The summed E-state index contributed by atoms with van der Waals surface area (Å²) in [6.45, 7) is 5.60. The number of nitrogens with one attached hydrogen (secondary N) is 2. The van der Waals surface area contributed by atoms with Gasteiger partial charge in [-0.2, -0.15) is 5.26 Å². The summed E-state index contributed by atoms with van der Waals surface area (Å²) in [6.07, 6.45) is 1.94. The molecule has 0 radical (unpaired) electrons. The fraction of sp³-hybridized carbons (Fsp3) is 0.364. The lowest BCUT2D eigenvalue weighted by molar-refractivity contribution is -0.115. The molecule has 2 N–H and O–H groups in total. The number of pyridine rings is 1. The molecule has 2 aromatic rings. The van der Waals surface area contributed by atoms with Crippen LogP contribution in [0, 0.1) is 17.2 Å². The molecule has 0 spiro atoms. The van der Waals surface area contributed by atoms with Crippen LogP contribution >= 0.6 is 11.6 Å². The van der Waals surface area contributed by atoms with Gasteiger partial charge >= 0.3 is 0 Å². The molecule has 1 unspecified atom stereocenters. The fourth-order valence-electron chi connectivity index (χ4n) is 3.04. The van der Waals surface area contributed by atoms with Crippen molar-refractivity contribution < 1.29 is 14.3 Å². The number of halogens is 1. The van der Waals surface area contributed by atoms with Gasteiger partial charge in [0, 0.05) is 22.5 Å². The number of anilines is 1. The largest absolute Gasteiger partial charge is 0.496 e. The topological polar surface area (TPSA) is 104 Å². The first-order chi connectivity index (χ1) is 14.2. The van der Waals surface area contributed by atoms with Crippen molar-refractivity contribution in [3.8, 4) is 11.8 Å². The molecule has 1 aromatic heterocycles. The van der Waals surface area contributed by atoms with Crippen LogP contribution in [0.25, 0.3) is 0 Å². The van der Waals surface area contributed by atoms with Gasteiger partial charge in [0.05, 0.1) is 19.6 Å². The van der Waals surface area contributed by atoms with Gasteiger partial charge in [0.2, 0.25) is 5.91 Å². The third-order valence-electron chi connectivity index (χ3n) is 4.95. The van der Waals surface area contributed by atoms with E-state index in [9.17, 15) is 14.9 Å². The molecule has 30 heavy (non-hydrogen) atoms. The lowest BCUT2D eigenvalue weighted by atomic mass is 9.85. The fourth-order valence-corrected chi connectivity index (χ4v) is 3.23. The van der Waals surface area contributed by atoms with Gasteiger partial charge in [-0.05, 0) is 42.7 Å². The van der Waals surface area contributed by atoms with E-state index in [2.05, 4.69) is 21.7 Å². The SMILES string of the molecule is CCC(C#N)(NC(=O)c1cc(NC(=O)Cc2cc(Cl)ccc2OC)ccn1)C(C)C. The number of methoxy groups -OCH3 is 1. The minimum absolute atomic E-state index is 0.0499. The minimum Gasteiger partial charge on any atom is -0.496 e. The Bertz CT molecular complexity index is 971. The summed E-state index contributed by atoms with van der Waals surface area (Å²) in [6, 6.07) is 10.3. The third kappa shape index (κ3) is 5.49. The number of ether oxygens (including phenoxy) is 1. The molecule has 8 heteroatoms. The molecule has 0 aliphatic heterocycles. The molecule has 0 aliphatic rings. The first-order valence-corrected chi connectivity index (χ1v) is 9.94. The zero-order valence-electron chi connectivity index (χ0n) is 17.5. The molecule has 1 heterocycles. The van der Waals surface area contributed by atoms with Crippen molar-refractivity contribution in [3.05, 3.63) is 52.8 Å². The van der Waals surface area contributed by atoms with Crippen molar-refractivity contribution in [2.75, 3.05) is 12.4 Å². The van der Waals surface area contributed by atoms with Gasteiger partial charge < -0.3 is 15.4 Å². The highest BCUT2D eigenvalue weighted by Crippen LogP contribution is 2.24. The summed E-state index contributed by atoms with van der Waals surface area (Å²) in [4.78, 5) is 29.2. The van der Waals surface area contributed by atoms with Crippen LogP contribution in [0.15, 0.2) is 36.5 Å². The number of hydrogen-bond acceptors (Lipinski definition) is 5. The van der Waals surface area contributed by atoms with Crippen LogP contribution < -0.4 is 15.4 Å². The highest BCUT2D eigenvalue weighted by atomic mass is 35.5. The number of carbonyl (C=O) groups is 2. The number of amides is 2. The molecule has 0 bridgehead atoms. The Morgan fingerprint density at radius 2 is 2.03 bits per heavy atom. The molecule has 1 atom stereocenters. The highest BCUT2D eigenvalue weighted by Gasteiger charge is 2.34. The summed E-state index contributed by atoms with van der Waals surface area (Å²) in [5.41, 5.74) is 0.195. The van der Waals surface area contributed by atoms with Gasteiger partial charge in [0.15, 0.2) is 0 Å². The Morgan fingerprint density at radius 3 is 2.63 bits per heavy atom. The summed E-state index contributed by atoms with van der Waals surface area (Å²) in [5, 5.41) is 15.6. The Hall–Kier alpha value is -3.11. The maximum atomic E-state index is 12.7. The van der Waals surface area contributed by atoms with E-state index in [0.717, 1.165) is 0 Å². The molecular formula is C22H25ClN4O3. The first kappa shape index (κ1) is 23.2. The van der Waals surface area contributed by atoms with Crippen molar-refractivity contribution in [3.63, 3.8) is 0 Å². The predicted octanol–water partition coefficient (Wildman–Crippen LogP) is 3.98. The van der Waals surface area contributed by atoms with Crippen LogP contribution in [-0.4, -0.2) is 29.4 Å². The summed E-state index contributed by atoms with van der Waals surface area (Å²) >= 11 is 6.01. The lowest BCUT2D eigenvalue weighted by Crippen LogP contribution is -2.51. The van der Waals surface area contributed by atoms with E-state index in [4.69, 9.17) is 16.3 Å². The van der Waals surface area contributed by atoms with E-state index in [1.165, 1.54) is 19.4 Å². The average molecular weight is 429 g/mol. The van der Waals surface area contributed by atoms with Gasteiger partial charge in [-0.3, -0.25) is 14.6 Å². The van der Waals surface area contributed by atoms with E-state index in [0.29, 0.717) is 28.4 Å². The summed E-state index contributed by atoms with van der Waals surface area (Å²) < 4.78 is 5.26. The molecule has 0 saturated heterocycles. The number of hydrogen-bond donors (Lipinski definition) is 2. The first-order valence-electron chi connectivity index (χ1n) is 9.56. The lowest BCUT2D eigenvalue weighted by Gasteiger charge is -2.30. The van der Waals surface area contributed by atoms with Crippen molar-refractivity contribution in [1.29, 1.82) is 5.26 Å². The normalized spacial score (nSPS) is 12.6. The van der Waals surface area contributed by atoms with E-state index in [1.54, 1.807) is 24.3 Å². The van der Waals surface area contributed by atoms with Crippen molar-refractivity contribution in [2.45, 2.75) is 39.2 Å². The van der Waals surface area contributed by atoms with Crippen LogP contribution in [0.5, 0.6) is 5.75 Å². The van der Waals surface area contributed by atoms with E-state index in [-0.39, 0.29) is 23.9 Å². The Kier molecular flexibility index (Phi) is 7.79. The van der Waals surface area contributed by atoms with Crippen LogP contribution in [0.1, 0.15) is 43.2 Å². The number of nitrogens with zero attached hydrogens (tertiary/aromatic N) is 2. The van der Waals surface area contributed by atoms with E-state index in [1.807, 2.05) is 20.8 Å². The molecular weight excluding hydrogens is 404 g/mol. The Labute approximate surface area is 181 Å². The zero-order chi connectivity index (χ0) is 22.3. The summed E-state index contributed by atoms with van der Waals surface area (Å²) in [5.74, 6) is -0.285. The number of nitriles is 1. The molecule has 1 aromatic carbocycles. The van der Waals surface area contributed by atoms with E-state index >= 15 is 0 Å². The monoisotopic (exact) mass is 428 g/mol. The Morgan fingerprint density at radius 1 is 1.30 bits per heavy atom. The third-order valence-corrected chi connectivity index (χ3v) is 5.18. The standard InChI is InChI=1S/C22H25ClN4O3/c1-5-22(13-24,14(2)3)27-21(29)18-12-17(8-9-25-18)26-20(28)11-15-10-16(23)6-7-19(15)30-4/h6-10,12,14H,5,11H2,1-4H3,(H,27,29)(H,25,26,28). The second-order valence-corrected chi connectivity index (χ2v) is 7.59. The number of rotatable bonds is 8. The van der Waals surface area contributed by atoms with Crippen molar-refractivity contribution >= 4 is 29.1 Å². The highest BCUT2D eigenvalue weighted by molar-refractivity contribution is 6.30. The summed E-state index contributed by atoms with van der Waals surface area (Å²) in [7, 11) is 1.52. The quantitative estimate of drug-likeness (QED) is 0.661. The number of aromatic nitrogens is 1. The van der Waals surface area contributed by atoms with Gasteiger partial charge in [-0.1, -0.05) is 32.4 Å². The zero-order valence-corrected chi connectivity index (χ0v) is 18.2. The van der Waals surface area contributed by atoms with Crippen LogP contribution in [0.2, 0.25) is 5.02 Å².